The first-order chi connectivity index (χ1) is 11.6. The summed E-state index contributed by atoms with van der Waals surface area (Å²) in [6.07, 6.45) is 4.75. The summed E-state index contributed by atoms with van der Waals surface area (Å²) in [5, 5.41) is 7.13. The number of carbonyl (C=O) groups is 1. The number of amides is 1. The third-order valence-electron chi connectivity index (χ3n) is 3.59. The first kappa shape index (κ1) is 15.9. The number of carbonyl (C=O) groups excluding carboxylic acids is 1. The van der Waals surface area contributed by atoms with Gasteiger partial charge in [0, 0.05) is 6.20 Å². The van der Waals surface area contributed by atoms with Crippen LogP contribution in [0.2, 0.25) is 0 Å². The van der Waals surface area contributed by atoms with Gasteiger partial charge in [-0.2, -0.15) is 5.10 Å². The second-order valence-corrected chi connectivity index (χ2v) is 5.68. The molecule has 0 bridgehead atoms. The topological polar surface area (TPSA) is 59.8 Å². The van der Waals surface area contributed by atoms with Gasteiger partial charge in [0.05, 0.1) is 35.0 Å². The molecular weight excluding hydrogens is 307 g/mol. The second-order valence-electron chi connectivity index (χ2n) is 5.68. The van der Waals surface area contributed by atoms with E-state index >= 15 is 0 Å². The third-order valence-corrected chi connectivity index (χ3v) is 3.59. The third kappa shape index (κ3) is 3.17. The molecule has 0 atom stereocenters. The van der Waals surface area contributed by atoms with Gasteiger partial charge in [-0.05, 0) is 42.3 Å². The molecule has 122 valence electrons. The van der Waals surface area contributed by atoms with Gasteiger partial charge >= 0.3 is 0 Å². The quantitative estimate of drug-likeness (QED) is 0.794. The van der Waals surface area contributed by atoms with E-state index in [0.29, 0.717) is 16.9 Å². The Bertz CT molecular complexity index is 841. The molecule has 0 unspecified atom stereocenters. The fraction of sp³-hybridized carbons (Fsp3) is 0.167. The van der Waals surface area contributed by atoms with Gasteiger partial charge in [0.2, 0.25) is 0 Å². The SMILES string of the molecule is CC(C)c1c(C(=O)Nc2cccnc2)cnn1-c1ccc(F)cc1. The Morgan fingerprint density at radius 2 is 1.92 bits per heavy atom. The van der Waals surface area contributed by atoms with Crippen LogP contribution in [0.5, 0.6) is 0 Å². The molecular formula is C18H17FN4O. The summed E-state index contributed by atoms with van der Waals surface area (Å²) in [6, 6.07) is 9.53. The summed E-state index contributed by atoms with van der Waals surface area (Å²) < 4.78 is 14.8. The number of halogens is 1. The van der Waals surface area contributed by atoms with Crippen molar-refractivity contribution in [3.05, 3.63) is 72.1 Å². The number of nitrogens with zero attached hydrogens (tertiary/aromatic N) is 3. The zero-order chi connectivity index (χ0) is 17.1. The molecule has 1 aromatic carbocycles. The predicted octanol–water partition coefficient (Wildman–Crippen LogP) is 3.78. The standard InChI is InChI=1S/C18H17FN4O/c1-12(2)17-16(18(24)22-14-4-3-9-20-10-14)11-21-23(17)15-7-5-13(19)6-8-15/h3-12H,1-2H3,(H,22,24). The normalized spacial score (nSPS) is 10.8. The molecule has 0 aliphatic rings. The lowest BCUT2D eigenvalue weighted by molar-refractivity contribution is 0.102. The van der Waals surface area contributed by atoms with E-state index in [9.17, 15) is 9.18 Å². The van der Waals surface area contributed by atoms with Crippen LogP contribution >= 0.6 is 0 Å². The maximum absolute atomic E-state index is 13.1. The molecule has 24 heavy (non-hydrogen) atoms. The van der Waals surface area contributed by atoms with Crippen LogP contribution in [0.4, 0.5) is 10.1 Å². The van der Waals surface area contributed by atoms with E-state index in [1.54, 1.807) is 41.3 Å². The number of nitrogens with one attached hydrogen (secondary N) is 1. The van der Waals surface area contributed by atoms with Crippen LogP contribution in [0.1, 0.15) is 35.8 Å². The Hall–Kier alpha value is -3.02. The minimum atomic E-state index is -0.313. The molecule has 0 aliphatic heterocycles. The van der Waals surface area contributed by atoms with Crippen molar-refractivity contribution in [1.29, 1.82) is 0 Å². The number of hydrogen-bond donors (Lipinski definition) is 1. The zero-order valence-electron chi connectivity index (χ0n) is 13.4. The first-order valence-corrected chi connectivity index (χ1v) is 7.61. The zero-order valence-corrected chi connectivity index (χ0v) is 13.4. The van der Waals surface area contributed by atoms with E-state index in [2.05, 4.69) is 15.4 Å². The van der Waals surface area contributed by atoms with Crippen molar-refractivity contribution in [2.24, 2.45) is 0 Å². The van der Waals surface area contributed by atoms with Crippen LogP contribution in [-0.4, -0.2) is 20.7 Å². The van der Waals surface area contributed by atoms with Gasteiger partial charge in [0.1, 0.15) is 5.82 Å². The average molecular weight is 324 g/mol. The summed E-state index contributed by atoms with van der Waals surface area (Å²) in [4.78, 5) is 16.6. The summed E-state index contributed by atoms with van der Waals surface area (Å²) in [5.41, 5.74) is 2.58. The number of benzene rings is 1. The molecule has 6 heteroatoms. The Balaban J connectivity index is 1.97. The maximum atomic E-state index is 13.1. The number of rotatable bonds is 4. The van der Waals surface area contributed by atoms with Crippen molar-refractivity contribution in [2.45, 2.75) is 19.8 Å². The predicted molar refractivity (Wildman–Crippen MR) is 89.8 cm³/mol. The lowest BCUT2D eigenvalue weighted by Crippen LogP contribution is -2.15. The van der Waals surface area contributed by atoms with E-state index in [4.69, 9.17) is 0 Å². The van der Waals surface area contributed by atoms with Crippen LogP contribution in [0.25, 0.3) is 5.69 Å². The smallest absolute Gasteiger partial charge is 0.259 e. The van der Waals surface area contributed by atoms with Crippen molar-refractivity contribution < 1.29 is 9.18 Å². The summed E-state index contributed by atoms with van der Waals surface area (Å²) in [5.74, 6) is -0.501. The van der Waals surface area contributed by atoms with Crippen LogP contribution in [0, 0.1) is 5.82 Å². The highest BCUT2D eigenvalue weighted by molar-refractivity contribution is 6.05. The van der Waals surface area contributed by atoms with Crippen LogP contribution < -0.4 is 5.32 Å². The Morgan fingerprint density at radius 1 is 1.17 bits per heavy atom. The second kappa shape index (κ2) is 6.62. The maximum Gasteiger partial charge on any atom is 0.259 e. The molecule has 0 saturated heterocycles. The summed E-state index contributed by atoms with van der Waals surface area (Å²) in [6.45, 7) is 3.97. The van der Waals surface area contributed by atoms with Crippen molar-refractivity contribution >= 4 is 11.6 Å². The Labute approximate surface area is 139 Å². The van der Waals surface area contributed by atoms with E-state index in [1.807, 2.05) is 13.8 Å². The van der Waals surface area contributed by atoms with Gasteiger partial charge in [-0.25, -0.2) is 9.07 Å². The fourth-order valence-electron chi connectivity index (χ4n) is 2.51. The lowest BCUT2D eigenvalue weighted by atomic mass is 10.0. The molecule has 3 aromatic rings. The van der Waals surface area contributed by atoms with Gasteiger partial charge in [-0.1, -0.05) is 13.8 Å². The van der Waals surface area contributed by atoms with Crippen LogP contribution in [0.3, 0.4) is 0 Å². The Kier molecular flexibility index (Phi) is 4.37. The number of hydrogen-bond acceptors (Lipinski definition) is 3. The number of aromatic nitrogens is 3. The van der Waals surface area contributed by atoms with Crippen molar-refractivity contribution in [3.8, 4) is 5.69 Å². The van der Waals surface area contributed by atoms with Crippen LogP contribution in [-0.2, 0) is 0 Å². The van der Waals surface area contributed by atoms with Gasteiger partial charge < -0.3 is 5.32 Å². The van der Waals surface area contributed by atoms with Crippen molar-refractivity contribution in [3.63, 3.8) is 0 Å². The van der Waals surface area contributed by atoms with Gasteiger partial charge in [0.15, 0.2) is 0 Å². The van der Waals surface area contributed by atoms with Crippen molar-refractivity contribution in [2.75, 3.05) is 5.32 Å². The van der Waals surface area contributed by atoms with Gasteiger partial charge in [0.25, 0.3) is 5.91 Å². The minimum absolute atomic E-state index is 0.0622. The molecule has 0 spiro atoms. The number of anilines is 1. The molecule has 1 amide bonds. The fourth-order valence-corrected chi connectivity index (χ4v) is 2.51. The van der Waals surface area contributed by atoms with E-state index in [-0.39, 0.29) is 17.6 Å². The van der Waals surface area contributed by atoms with Gasteiger partial charge in [-0.15, -0.1) is 0 Å². The largest absolute Gasteiger partial charge is 0.320 e. The Morgan fingerprint density at radius 3 is 2.54 bits per heavy atom. The summed E-state index contributed by atoms with van der Waals surface area (Å²) >= 11 is 0. The van der Waals surface area contributed by atoms with Crippen molar-refractivity contribution in [1.82, 2.24) is 14.8 Å². The highest BCUT2D eigenvalue weighted by Gasteiger charge is 2.21. The molecule has 0 aliphatic carbocycles. The first-order valence-electron chi connectivity index (χ1n) is 7.61. The average Bonchev–Trinajstić information content (AvgIpc) is 3.02. The molecule has 2 heterocycles. The molecule has 1 N–H and O–H groups in total. The molecule has 2 aromatic heterocycles. The molecule has 0 fully saturated rings. The van der Waals surface area contributed by atoms with E-state index < -0.39 is 0 Å². The molecule has 5 nitrogen and oxygen atoms in total. The number of pyridine rings is 1. The van der Waals surface area contributed by atoms with E-state index in [1.165, 1.54) is 18.3 Å². The van der Waals surface area contributed by atoms with Gasteiger partial charge in [-0.3, -0.25) is 9.78 Å². The molecule has 3 rings (SSSR count). The lowest BCUT2D eigenvalue weighted by Gasteiger charge is -2.13. The minimum Gasteiger partial charge on any atom is -0.320 e. The molecule has 0 saturated carbocycles. The summed E-state index contributed by atoms with van der Waals surface area (Å²) in [7, 11) is 0. The van der Waals surface area contributed by atoms with E-state index in [0.717, 1.165) is 5.69 Å². The highest BCUT2D eigenvalue weighted by Crippen LogP contribution is 2.24. The highest BCUT2D eigenvalue weighted by atomic mass is 19.1. The monoisotopic (exact) mass is 324 g/mol. The molecule has 0 radical (unpaired) electrons. The van der Waals surface area contributed by atoms with Crippen LogP contribution in [0.15, 0.2) is 55.0 Å².